The molecule has 1 aromatic rings. The molecule has 0 radical (unpaired) electrons. The van der Waals surface area contributed by atoms with Gasteiger partial charge in [0.15, 0.2) is 5.12 Å². The minimum Gasteiger partial charge on any atom is -0.288 e. The standard InChI is InChI=1S/C14H10F3NOS/c1-10(19)20-7-3-2-4-11-5-6-13(14(15,16)17)8-12(11)9-18/h5-6,8H,3,7H2,1H3. The lowest BCUT2D eigenvalue weighted by molar-refractivity contribution is -0.137. The first-order valence-corrected chi connectivity index (χ1v) is 6.56. The highest BCUT2D eigenvalue weighted by Gasteiger charge is 2.30. The molecular weight excluding hydrogens is 287 g/mol. The van der Waals surface area contributed by atoms with Crippen LogP contribution in [0.2, 0.25) is 0 Å². The Morgan fingerprint density at radius 3 is 2.60 bits per heavy atom. The highest BCUT2D eigenvalue weighted by Crippen LogP contribution is 2.30. The summed E-state index contributed by atoms with van der Waals surface area (Å²) in [5.41, 5.74) is -0.716. The number of carbonyl (C=O) groups is 1. The summed E-state index contributed by atoms with van der Waals surface area (Å²) in [6, 6.07) is 4.58. The van der Waals surface area contributed by atoms with Crippen molar-refractivity contribution in [2.24, 2.45) is 0 Å². The Morgan fingerprint density at radius 2 is 2.05 bits per heavy atom. The van der Waals surface area contributed by atoms with Crippen LogP contribution in [-0.2, 0) is 11.0 Å². The number of nitriles is 1. The Kier molecular flexibility index (Phi) is 5.66. The van der Waals surface area contributed by atoms with Gasteiger partial charge in [0.05, 0.1) is 11.1 Å². The normalized spacial score (nSPS) is 10.3. The predicted octanol–water partition coefficient (Wildman–Crippen LogP) is 3.60. The Bertz CT molecular complexity index is 606. The molecule has 0 saturated carbocycles. The van der Waals surface area contributed by atoms with Gasteiger partial charge in [0.2, 0.25) is 0 Å². The van der Waals surface area contributed by atoms with Crippen molar-refractivity contribution >= 4 is 16.9 Å². The van der Waals surface area contributed by atoms with Gasteiger partial charge in [0.1, 0.15) is 6.07 Å². The maximum absolute atomic E-state index is 12.5. The quantitative estimate of drug-likeness (QED) is 0.618. The van der Waals surface area contributed by atoms with Crippen LogP contribution in [0.1, 0.15) is 30.0 Å². The van der Waals surface area contributed by atoms with Crippen LogP contribution < -0.4 is 0 Å². The fraction of sp³-hybridized carbons (Fsp3) is 0.286. The molecule has 0 fully saturated rings. The highest BCUT2D eigenvalue weighted by atomic mass is 32.2. The predicted molar refractivity (Wildman–Crippen MR) is 70.8 cm³/mol. The maximum Gasteiger partial charge on any atom is 0.416 e. The number of rotatable bonds is 2. The number of nitrogens with zero attached hydrogens (tertiary/aromatic N) is 1. The van der Waals surface area contributed by atoms with Crippen LogP contribution in [-0.4, -0.2) is 10.9 Å². The molecule has 0 bridgehead atoms. The molecule has 0 spiro atoms. The van der Waals surface area contributed by atoms with Gasteiger partial charge in [-0.1, -0.05) is 23.6 Å². The number of benzene rings is 1. The molecular formula is C14H10F3NOS. The summed E-state index contributed by atoms with van der Waals surface area (Å²) in [6.07, 6.45) is -4.05. The average Bonchev–Trinajstić information content (AvgIpc) is 2.36. The first-order chi connectivity index (χ1) is 9.34. The molecule has 0 N–H and O–H groups in total. The number of carbonyl (C=O) groups excluding carboxylic acids is 1. The van der Waals surface area contributed by atoms with Crippen LogP contribution in [0.3, 0.4) is 0 Å². The van der Waals surface area contributed by atoms with E-state index >= 15 is 0 Å². The largest absolute Gasteiger partial charge is 0.416 e. The van der Waals surface area contributed by atoms with E-state index in [0.717, 1.165) is 23.9 Å². The van der Waals surface area contributed by atoms with E-state index in [1.807, 2.05) is 0 Å². The number of thioether (sulfide) groups is 1. The second-order valence-electron chi connectivity index (χ2n) is 3.76. The van der Waals surface area contributed by atoms with Crippen molar-refractivity contribution in [3.05, 3.63) is 34.9 Å². The second-order valence-corrected chi connectivity index (χ2v) is 5.03. The minimum absolute atomic E-state index is 0.0148. The minimum atomic E-state index is -4.48. The van der Waals surface area contributed by atoms with Crippen molar-refractivity contribution in [1.29, 1.82) is 5.26 Å². The van der Waals surface area contributed by atoms with Crippen LogP contribution in [0.5, 0.6) is 0 Å². The molecule has 1 rings (SSSR count). The van der Waals surface area contributed by atoms with E-state index in [1.54, 1.807) is 6.07 Å². The van der Waals surface area contributed by atoms with E-state index in [-0.39, 0.29) is 16.2 Å². The van der Waals surface area contributed by atoms with E-state index in [1.165, 1.54) is 13.0 Å². The van der Waals surface area contributed by atoms with Crippen molar-refractivity contribution in [3.8, 4) is 17.9 Å². The lowest BCUT2D eigenvalue weighted by Crippen LogP contribution is -2.05. The number of hydrogen-bond acceptors (Lipinski definition) is 3. The Hall–Kier alpha value is -1.92. The van der Waals surface area contributed by atoms with Gasteiger partial charge >= 0.3 is 6.18 Å². The topological polar surface area (TPSA) is 40.9 Å². The summed E-state index contributed by atoms with van der Waals surface area (Å²) in [7, 11) is 0. The fourth-order valence-electron chi connectivity index (χ4n) is 1.33. The third-order valence-corrected chi connectivity index (χ3v) is 3.04. The number of alkyl halides is 3. The van der Waals surface area contributed by atoms with Crippen molar-refractivity contribution in [3.63, 3.8) is 0 Å². The average molecular weight is 297 g/mol. The maximum atomic E-state index is 12.5. The van der Waals surface area contributed by atoms with Gasteiger partial charge in [-0.3, -0.25) is 4.79 Å². The third-order valence-electron chi connectivity index (χ3n) is 2.22. The Morgan fingerprint density at radius 1 is 1.35 bits per heavy atom. The van der Waals surface area contributed by atoms with Crippen LogP contribution in [0.4, 0.5) is 13.2 Å². The summed E-state index contributed by atoms with van der Waals surface area (Å²) >= 11 is 1.13. The Balaban J connectivity index is 2.85. The molecule has 0 aliphatic carbocycles. The second kappa shape index (κ2) is 7.02. The molecule has 0 atom stereocenters. The van der Waals surface area contributed by atoms with Crippen LogP contribution >= 0.6 is 11.8 Å². The van der Waals surface area contributed by atoms with Crippen LogP contribution in [0.15, 0.2) is 18.2 Å². The summed E-state index contributed by atoms with van der Waals surface area (Å²) in [6.45, 7) is 1.45. The van der Waals surface area contributed by atoms with Crippen LogP contribution in [0.25, 0.3) is 0 Å². The van der Waals surface area contributed by atoms with Crippen molar-refractivity contribution in [2.45, 2.75) is 19.5 Å². The monoisotopic (exact) mass is 297 g/mol. The number of halogens is 3. The molecule has 2 nitrogen and oxygen atoms in total. The first-order valence-electron chi connectivity index (χ1n) is 5.58. The van der Waals surface area contributed by atoms with Gasteiger partial charge in [-0.25, -0.2) is 0 Å². The van der Waals surface area contributed by atoms with Crippen molar-refractivity contribution in [2.75, 3.05) is 5.75 Å². The highest BCUT2D eigenvalue weighted by molar-refractivity contribution is 8.13. The molecule has 0 aliphatic heterocycles. The fourth-order valence-corrected chi connectivity index (χ4v) is 1.82. The van der Waals surface area contributed by atoms with Gasteiger partial charge in [0.25, 0.3) is 0 Å². The lowest BCUT2D eigenvalue weighted by atomic mass is 10.0. The molecule has 1 aromatic carbocycles. The van der Waals surface area contributed by atoms with E-state index in [4.69, 9.17) is 5.26 Å². The van der Waals surface area contributed by atoms with Gasteiger partial charge in [-0.15, -0.1) is 0 Å². The lowest BCUT2D eigenvalue weighted by Gasteiger charge is -2.07. The van der Waals surface area contributed by atoms with Gasteiger partial charge in [-0.05, 0) is 18.2 Å². The van der Waals surface area contributed by atoms with Crippen molar-refractivity contribution < 1.29 is 18.0 Å². The van der Waals surface area contributed by atoms with Crippen LogP contribution in [0, 0.1) is 23.2 Å². The zero-order chi connectivity index (χ0) is 15.2. The molecule has 20 heavy (non-hydrogen) atoms. The zero-order valence-electron chi connectivity index (χ0n) is 10.5. The smallest absolute Gasteiger partial charge is 0.288 e. The summed E-state index contributed by atoms with van der Waals surface area (Å²) < 4.78 is 37.5. The molecule has 0 heterocycles. The van der Waals surface area contributed by atoms with Gasteiger partial charge in [-0.2, -0.15) is 18.4 Å². The van der Waals surface area contributed by atoms with Crippen molar-refractivity contribution in [1.82, 2.24) is 0 Å². The molecule has 6 heteroatoms. The molecule has 0 amide bonds. The molecule has 0 aromatic heterocycles. The first kappa shape index (κ1) is 16.1. The van der Waals surface area contributed by atoms with Gasteiger partial charge < -0.3 is 0 Å². The Labute approximate surface area is 119 Å². The number of hydrogen-bond donors (Lipinski definition) is 0. The summed E-state index contributed by atoms with van der Waals surface area (Å²) in [5.74, 6) is 5.91. The molecule has 0 saturated heterocycles. The molecule has 104 valence electrons. The zero-order valence-corrected chi connectivity index (χ0v) is 11.4. The SMILES string of the molecule is CC(=O)SCCC#Cc1ccc(C(F)(F)F)cc1C#N. The van der Waals surface area contributed by atoms with Gasteiger partial charge in [0, 0.05) is 24.7 Å². The summed E-state index contributed by atoms with van der Waals surface area (Å²) in [4.78, 5) is 10.7. The van der Waals surface area contributed by atoms with E-state index in [2.05, 4.69) is 11.8 Å². The summed E-state index contributed by atoms with van der Waals surface area (Å²) in [5, 5.41) is 8.84. The van der Waals surface area contributed by atoms with E-state index in [0.29, 0.717) is 12.2 Å². The van der Waals surface area contributed by atoms with E-state index in [9.17, 15) is 18.0 Å². The third kappa shape index (κ3) is 4.99. The molecule has 0 unspecified atom stereocenters. The molecule has 0 aliphatic rings. The van der Waals surface area contributed by atoms with E-state index < -0.39 is 11.7 Å².